The molecular weight excluding hydrogens is 397 g/mol. The van der Waals surface area contributed by atoms with Gasteiger partial charge in [-0.25, -0.2) is 4.79 Å². The topological polar surface area (TPSA) is 78.9 Å². The number of amides is 1. The second-order valence-corrected chi connectivity index (χ2v) is 7.74. The number of aliphatic carboxylic acids is 1. The summed E-state index contributed by atoms with van der Waals surface area (Å²) in [5.74, 6) is -2.49. The van der Waals surface area contributed by atoms with Crippen LogP contribution < -0.4 is 5.32 Å². The van der Waals surface area contributed by atoms with Gasteiger partial charge in [0.1, 0.15) is 0 Å². The number of carboxylic acid groups (broad SMARTS) is 1. The predicted octanol–water partition coefficient (Wildman–Crippen LogP) is 2.54. The summed E-state index contributed by atoms with van der Waals surface area (Å²) in [5, 5.41) is 12.3. The monoisotopic (exact) mass is 422 g/mol. The minimum atomic E-state index is -5.08. The number of hydrogen-bond acceptors (Lipinski definition) is 5. The Morgan fingerprint density at radius 3 is 2.71 bits per heavy atom. The van der Waals surface area contributed by atoms with Gasteiger partial charge in [0.15, 0.2) is 0 Å². The average Bonchev–Trinajstić information content (AvgIpc) is 3.31. The molecule has 0 aromatic carbocycles. The van der Waals surface area contributed by atoms with E-state index < -0.39 is 12.1 Å². The van der Waals surface area contributed by atoms with E-state index in [1.165, 1.54) is 4.88 Å². The SMILES string of the molecule is CCN1C[C@@H](C(=O)NCCc2cccs2)C[C@H]2OCC[C@H]21.O=C(O)C(F)(F)F. The molecule has 3 atom stereocenters. The smallest absolute Gasteiger partial charge is 0.475 e. The maximum atomic E-state index is 12.4. The molecule has 1 aromatic rings. The van der Waals surface area contributed by atoms with E-state index in [-0.39, 0.29) is 17.9 Å². The van der Waals surface area contributed by atoms with Crippen LogP contribution in [0.4, 0.5) is 13.2 Å². The number of likely N-dealkylation sites (N-methyl/N-ethyl adjacent to an activating group) is 1. The van der Waals surface area contributed by atoms with Crippen LogP contribution in [0.2, 0.25) is 0 Å². The molecule has 2 aliphatic heterocycles. The van der Waals surface area contributed by atoms with Crippen LogP contribution in [0.25, 0.3) is 0 Å². The van der Waals surface area contributed by atoms with Gasteiger partial charge in [-0.15, -0.1) is 11.3 Å². The molecule has 3 rings (SSSR count). The van der Waals surface area contributed by atoms with Crippen molar-refractivity contribution in [3.63, 3.8) is 0 Å². The summed E-state index contributed by atoms with van der Waals surface area (Å²) < 4.78 is 37.5. The number of nitrogens with zero attached hydrogens (tertiary/aromatic N) is 1. The normalized spacial score (nSPS) is 24.8. The number of halogens is 3. The van der Waals surface area contributed by atoms with Crippen molar-refractivity contribution in [2.45, 2.75) is 44.5 Å². The molecule has 2 N–H and O–H groups in total. The number of alkyl halides is 3. The Bertz CT molecular complexity index is 639. The fraction of sp³-hybridized carbons (Fsp3) is 0.667. The molecule has 0 radical (unpaired) electrons. The van der Waals surface area contributed by atoms with E-state index in [2.05, 4.69) is 34.7 Å². The van der Waals surface area contributed by atoms with Crippen LogP contribution >= 0.6 is 11.3 Å². The molecule has 2 saturated heterocycles. The standard InChI is InChI=1S/C16H24N2O2S.C2HF3O2/c1-2-18-11-12(10-15-14(18)6-8-20-15)16(19)17-7-5-13-4-3-9-21-13;3-2(4,5)1(6)7/h3-4,9,12,14-15H,2,5-8,10-11H2,1H3,(H,17,19);(H,6,7)/t12-,14+,15+;/m0./s1. The van der Waals surface area contributed by atoms with Crippen LogP contribution in [0.5, 0.6) is 0 Å². The summed E-state index contributed by atoms with van der Waals surface area (Å²) in [5.41, 5.74) is 0. The fourth-order valence-electron chi connectivity index (χ4n) is 3.52. The van der Waals surface area contributed by atoms with Crippen molar-refractivity contribution in [2.75, 3.05) is 26.2 Å². The summed E-state index contributed by atoms with van der Waals surface area (Å²) in [6.07, 6.45) is -1.90. The zero-order valence-corrected chi connectivity index (χ0v) is 16.4. The number of ether oxygens (including phenoxy) is 1. The molecule has 2 aliphatic rings. The van der Waals surface area contributed by atoms with Crippen LogP contribution in [-0.4, -0.2) is 66.4 Å². The summed E-state index contributed by atoms with van der Waals surface area (Å²) in [6, 6.07) is 4.71. The minimum Gasteiger partial charge on any atom is -0.475 e. The summed E-state index contributed by atoms with van der Waals surface area (Å²) in [6.45, 7) is 5.64. The highest BCUT2D eigenvalue weighted by molar-refractivity contribution is 7.09. The number of fused-ring (bicyclic) bond motifs is 1. The van der Waals surface area contributed by atoms with E-state index in [0.29, 0.717) is 6.04 Å². The number of rotatable bonds is 5. The fourth-order valence-corrected chi connectivity index (χ4v) is 4.22. The van der Waals surface area contributed by atoms with Crippen molar-refractivity contribution >= 4 is 23.2 Å². The molecule has 3 heterocycles. The van der Waals surface area contributed by atoms with E-state index >= 15 is 0 Å². The Labute approximate surface area is 165 Å². The first kappa shape index (κ1) is 22.6. The van der Waals surface area contributed by atoms with Crippen molar-refractivity contribution in [3.8, 4) is 0 Å². The van der Waals surface area contributed by atoms with Gasteiger partial charge in [-0.3, -0.25) is 9.69 Å². The van der Waals surface area contributed by atoms with Crippen molar-refractivity contribution in [2.24, 2.45) is 5.92 Å². The van der Waals surface area contributed by atoms with E-state index in [9.17, 15) is 18.0 Å². The largest absolute Gasteiger partial charge is 0.490 e. The summed E-state index contributed by atoms with van der Waals surface area (Å²) in [4.78, 5) is 25.0. The Balaban J connectivity index is 0.000000345. The van der Waals surface area contributed by atoms with Gasteiger partial charge in [-0.2, -0.15) is 13.2 Å². The average molecular weight is 422 g/mol. The predicted molar refractivity (Wildman–Crippen MR) is 98.2 cm³/mol. The first-order valence-corrected chi connectivity index (χ1v) is 10.1. The van der Waals surface area contributed by atoms with Crippen molar-refractivity contribution in [3.05, 3.63) is 22.4 Å². The second-order valence-electron chi connectivity index (χ2n) is 6.71. The highest BCUT2D eigenvalue weighted by atomic mass is 32.1. The first-order valence-electron chi connectivity index (χ1n) is 9.18. The lowest BCUT2D eigenvalue weighted by molar-refractivity contribution is -0.192. The molecule has 6 nitrogen and oxygen atoms in total. The lowest BCUT2D eigenvalue weighted by atomic mass is 9.89. The third-order valence-corrected chi connectivity index (χ3v) is 5.82. The zero-order valence-electron chi connectivity index (χ0n) is 15.6. The number of piperidine rings is 1. The van der Waals surface area contributed by atoms with Gasteiger partial charge in [-0.1, -0.05) is 13.0 Å². The molecule has 1 aromatic heterocycles. The molecule has 10 heteroatoms. The lowest BCUT2D eigenvalue weighted by Gasteiger charge is -2.39. The van der Waals surface area contributed by atoms with E-state index in [1.807, 2.05) is 0 Å². The maximum absolute atomic E-state index is 12.4. The van der Waals surface area contributed by atoms with Crippen LogP contribution in [0.1, 0.15) is 24.6 Å². The van der Waals surface area contributed by atoms with Crippen molar-refractivity contribution in [1.29, 1.82) is 0 Å². The van der Waals surface area contributed by atoms with Crippen LogP contribution in [0.3, 0.4) is 0 Å². The van der Waals surface area contributed by atoms with Gasteiger partial charge >= 0.3 is 12.1 Å². The molecule has 158 valence electrons. The Morgan fingerprint density at radius 1 is 1.43 bits per heavy atom. The molecule has 28 heavy (non-hydrogen) atoms. The molecule has 2 fully saturated rings. The number of thiophene rings is 1. The van der Waals surface area contributed by atoms with E-state index in [0.717, 1.165) is 45.5 Å². The van der Waals surface area contributed by atoms with Gasteiger partial charge in [0, 0.05) is 30.6 Å². The number of likely N-dealkylation sites (tertiary alicyclic amines) is 1. The third kappa shape index (κ3) is 6.46. The Hall–Kier alpha value is -1.65. The van der Waals surface area contributed by atoms with Gasteiger partial charge < -0.3 is 15.2 Å². The van der Waals surface area contributed by atoms with E-state index in [1.54, 1.807) is 11.3 Å². The molecule has 1 amide bonds. The number of carbonyl (C=O) groups excluding carboxylic acids is 1. The number of carbonyl (C=O) groups is 2. The quantitative estimate of drug-likeness (QED) is 0.763. The van der Waals surface area contributed by atoms with Gasteiger partial charge in [0.25, 0.3) is 0 Å². The first-order chi connectivity index (χ1) is 13.2. The molecule has 0 bridgehead atoms. The number of carboxylic acids is 1. The van der Waals surface area contributed by atoms with Crippen molar-refractivity contribution < 1.29 is 32.6 Å². The number of nitrogens with one attached hydrogen (secondary N) is 1. The summed E-state index contributed by atoms with van der Waals surface area (Å²) in [7, 11) is 0. The third-order valence-electron chi connectivity index (χ3n) is 4.89. The number of hydrogen-bond donors (Lipinski definition) is 2. The van der Waals surface area contributed by atoms with Gasteiger partial charge in [-0.05, 0) is 37.3 Å². The van der Waals surface area contributed by atoms with Crippen LogP contribution in [-0.2, 0) is 20.7 Å². The Morgan fingerprint density at radius 2 is 2.14 bits per heavy atom. The van der Waals surface area contributed by atoms with Crippen LogP contribution in [0, 0.1) is 5.92 Å². The lowest BCUT2D eigenvalue weighted by Crippen LogP contribution is -2.52. The second kappa shape index (κ2) is 10.2. The van der Waals surface area contributed by atoms with Gasteiger partial charge in [0.05, 0.1) is 12.0 Å². The maximum Gasteiger partial charge on any atom is 0.490 e. The van der Waals surface area contributed by atoms with Gasteiger partial charge in [0.2, 0.25) is 5.91 Å². The molecule has 0 spiro atoms. The highest BCUT2D eigenvalue weighted by Gasteiger charge is 2.41. The van der Waals surface area contributed by atoms with E-state index in [4.69, 9.17) is 14.6 Å². The molecule has 0 unspecified atom stereocenters. The molecule has 0 aliphatic carbocycles. The van der Waals surface area contributed by atoms with Crippen molar-refractivity contribution in [1.82, 2.24) is 10.2 Å². The zero-order chi connectivity index (χ0) is 20.7. The molecule has 0 saturated carbocycles. The molecular formula is C18H25F3N2O4S. The minimum absolute atomic E-state index is 0.0765. The van der Waals surface area contributed by atoms with Crippen LogP contribution in [0.15, 0.2) is 17.5 Å². The highest BCUT2D eigenvalue weighted by Crippen LogP contribution is 2.31. The summed E-state index contributed by atoms with van der Waals surface area (Å²) >= 11 is 1.75. The Kier molecular flexibility index (Phi) is 8.26.